The molecule has 5 nitrogen and oxygen atoms in total. The van der Waals surface area contributed by atoms with E-state index in [1.807, 2.05) is 19.2 Å². The molecule has 3 unspecified atom stereocenters. The van der Waals surface area contributed by atoms with Crippen molar-refractivity contribution in [2.75, 3.05) is 33.4 Å². The van der Waals surface area contributed by atoms with Crippen molar-refractivity contribution in [2.45, 2.75) is 56.3 Å². The number of likely N-dealkylation sites (tertiary alicyclic amines) is 1. The van der Waals surface area contributed by atoms with Gasteiger partial charge in [-0.05, 0) is 43.7 Å². The van der Waals surface area contributed by atoms with E-state index in [4.69, 9.17) is 9.47 Å². The molecule has 4 rings (SSSR count). The van der Waals surface area contributed by atoms with Gasteiger partial charge in [-0.2, -0.15) is 0 Å². The lowest BCUT2D eigenvalue weighted by molar-refractivity contribution is -0.0367. The van der Waals surface area contributed by atoms with Gasteiger partial charge in [0.25, 0.3) is 0 Å². The second-order valence-electron chi connectivity index (χ2n) is 7.82. The number of hydrogen-bond donors (Lipinski definition) is 1. The maximum absolute atomic E-state index is 14.0. The third-order valence-electron chi connectivity index (χ3n) is 5.90. The lowest BCUT2D eigenvalue weighted by Gasteiger charge is -2.34. The second kappa shape index (κ2) is 10.2. The Morgan fingerprint density at radius 3 is 2.75 bits per heavy atom. The highest BCUT2D eigenvalue weighted by Gasteiger charge is 2.41. The fourth-order valence-electron chi connectivity index (χ4n) is 4.19. The van der Waals surface area contributed by atoms with Crippen molar-refractivity contribution < 1.29 is 13.9 Å². The minimum atomic E-state index is -0.106. The Bertz CT molecular complexity index is 661. The Balaban J connectivity index is 0.00000225. The molecule has 1 aromatic rings. The Morgan fingerprint density at radius 2 is 2.07 bits per heavy atom. The highest BCUT2D eigenvalue weighted by atomic mass is 127. The van der Waals surface area contributed by atoms with Gasteiger partial charge in [0, 0.05) is 38.7 Å². The van der Waals surface area contributed by atoms with Gasteiger partial charge in [0.1, 0.15) is 5.82 Å². The van der Waals surface area contributed by atoms with Gasteiger partial charge in [-0.25, -0.2) is 4.39 Å². The van der Waals surface area contributed by atoms with E-state index >= 15 is 0 Å². The van der Waals surface area contributed by atoms with Gasteiger partial charge >= 0.3 is 0 Å². The SMILES string of the molecule is CN=C(NC1CC1c1ccccc1F)N1CCC(OCC2CCCO2)CC1.I. The highest BCUT2D eigenvalue weighted by Crippen LogP contribution is 2.42. The summed E-state index contributed by atoms with van der Waals surface area (Å²) in [6.45, 7) is 3.48. The van der Waals surface area contributed by atoms with E-state index in [2.05, 4.69) is 15.2 Å². The van der Waals surface area contributed by atoms with Crippen LogP contribution in [-0.4, -0.2) is 62.5 Å². The Morgan fingerprint density at radius 1 is 1.29 bits per heavy atom. The van der Waals surface area contributed by atoms with E-state index in [0.717, 1.165) is 69.9 Å². The first-order chi connectivity index (χ1) is 13.2. The summed E-state index contributed by atoms with van der Waals surface area (Å²) < 4.78 is 25.7. The van der Waals surface area contributed by atoms with Crippen molar-refractivity contribution in [2.24, 2.45) is 4.99 Å². The monoisotopic (exact) mass is 503 g/mol. The predicted octanol–water partition coefficient (Wildman–Crippen LogP) is 3.54. The van der Waals surface area contributed by atoms with Crippen molar-refractivity contribution >= 4 is 29.9 Å². The Kier molecular flexibility index (Phi) is 7.93. The van der Waals surface area contributed by atoms with Crippen molar-refractivity contribution in [3.8, 4) is 0 Å². The molecule has 2 saturated heterocycles. The molecular formula is C21H31FIN3O2. The second-order valence-corrected chi connectivity index (χ2v) is 7.82. The quantitative estimate of drug-likeness (QED) is 0.380. The summed E-state index contributed by atoms with van der Waals surface area (Å²) in [4.78, 5) is 6.75. The minimum absolute atomic E-state index is 0. The van der Waals surface area contributed by atoms with Crippen LogP contribution in [0.5, 0.6) is 0 Å². The summed E-state index contributed by atoms with van der Waals surface area (Å²) in [6.07, 6.45) is 5.87. The van der Waals surface area contributed by atoms with Gasteiger partial charge in [0.05, 0.1) is 18.8 Å². The van der Waals surface area contributed by atoms with Crippen molar-refractivity contribution in [3.05, 3.63) is 35.6 Å². The van der Waals surface area contributed by atoms with Crippen LogP contribution in [0.25, 0.3) is 0 Å². The lowest BCUT2D eigenvalue weighted by Crippen LogP contribution is -2.48. The number of hydrogen-bond acceptors (Lipinski definition) is 3. The standard InChI is InChI=1S/C21H30FN3O2.HI/c1-23-21(24-20-13-18(20)17-6-2-3-7-19(17)22)25-10-8-15(9-11-25)27-14-16-5-4-12-26-16;/h2-3,6-7,15-16,18,20H,4-5,8-14H2,1H3,(H,23,24);1H. The molecule has 2 aliphatic heterocycles. The molecule has 7 heteroatoms. The van der Waals surface area contributed by atoms with E-state index in [9.17, 15) is 4.39 Å². The average Bonchev–Trinajstić information content (AvgIpc) is 3.25. The normalized spacial score (nSPS) is 28.1. The zero-order chi connectivity index (χ0) is 18.6. The topological polar surface area (TPSA) is 46.1 Å². The Labute approximate surface area is 184 Å². The zero-order valence-corrected chi connectivity index (χ0v) is 18.8. The first kappa shape index (κ1) is 21.8. The van der Waals surface area contributed by atoms with Gasteiger partial charge in [-0.1, -0.05) is 18.2 Å². The molecule has 3 aliphatic rings. The number of aliphatic imine (C=N–C) groups is 1. The fraction of sp³-hybridized carbons (Fsp3) is 0.667. The van der Waals surface area contributed by atoms with Crippen LogP contribution < -0.4 is 5.32 Å². The highest BCUT2D eigenvalue weighted by molar-refractivity contribution is 14.0. The minimum Gasteiger partial charge on any atom is -0.376 e. The van der Waals surface area contributed by atoms with Gasteiger partial charge in [0.15, 0.2) is 5.96 Å². The smallest absolute Gasteiger partial charge is 0.193 e. The number of halogens is 2. The maximum Gasteiger partial charge on any atom is 0.193 e. The molecule has 3 fully saturated rings. The molecule has 1 N–H and O–H groups in total. The van der Waals surface area contributed by atoms with E-state index in [-0.39, 0.29) is 41.8 Å². The summed E-state index contributed by atoms with van der Waals surface area (Å²) in [5, 5.41) is 3.53. The number of ether oxygens (including phenoxy) is 2. The van der Waals surface area contributed by atoms with E-state index in [1.165, 1.54) is 0 Å². The summed E-state index contributed by atoms with van der Waals surface area (Å²) in [6, 6.07) is 7.36. The van der Waals surface area contributed by atoms with E-state index in [0.29, 0.717) is 12.2 Å². The molecule has 1 aliphatic carbocycles. The third kappa shape index (κ3) is 5.36. The van der Waals surface area contributed by atoms with E-state index < -0.39 is 0 Å². The van der Waals surface area contributed by atoms with Gasteiger partial charge < -0.3 is 19.7 Å². The number of guanidine groups is 1. The van der Waals surface area contributed by atoms with Crippen LogP contribution in [0, 0.1) is 5.82 Å². The molecule has 3 atom stereocenters. The van der Waals surface area contributed by atoms with Gasteiger partial charge in [-0.3, -0.25) is 4.99 Å². The fourth-order valence-corrected chi connectivity index (χ4v) is 4.19. The molecule has 0 amide bonds. The molecule has 156 valence electrons. The molecule has 2 heterocycles. The van der Waals surface area contributed by atoms with E-state index in [1.54, 1.807) is 12.1 Å². The van der Waals surface area contributed by atoms with Crippen LogP contribution in [0.2, 0.25) is 0 Å². The molecule has 1 saturated carbocycles. The lowest BCUT2D eigenvalue weighted by atomic mass is 10.1. The van der Waals surface area contributed by atoms with Crippen LogP contribution in [0.3, 0.4) is 0 Å². The first-order valence-electron chi connectivity index (χ1n) is 10.2. The van der Waals surface area contributed by atoms with Crippen LogP contribution >= 0.6 is 24.0 Å². The van der Waals surface area contributed by atoms with Crippen LogP contribution in [0.1, 0.15) is 43.6 Å². The molecule has 0 bridgehead atoms. The van der Waals surface area contributed by atoms with Crippen molar-refractivity contribution in [1.82, 2.24) is 10.2 Å². The molecule has 28 heavy (non-hydrogen) atoms. The number of nitrogens with one attached hydrogen (secondary N) is 1. The number of nitrogens with zero attached hydrogens (tertiary/aromatic N) is 2. The van der Waals surface area contributed by atoms with Crippen LogP contribution in [-0.2, 0) is 9.47 Å². The zero-order valence-electron chi connectivity index (χ0n) is 16.5. The van der Waals surface area contributed by atoms with Crippen molar-refractivity contribution in [1.29, 1.82) is 0 Å². The molecular weight excluding hydrogens is 472 g/mol. The summed E-state index contributed by atoms with van der Waals surface area (Å²) in [7, 11) is 1.82. The van der Waals surface area contributed by atoms with Crippen LogP contribution in [0.15, 0.2) is 29.3 Å². The Hall–Kier alpha value is -0.930. The van der Waals surface area contributed by atoms with Crippen molar-refractivity contribution in [3.63, 3.8) is 0 Å². The molecule has 1 aromatic carbocycles. The average molecular weight is 503 g/mol. The molecule has 0 aromatic heterocycles. The van der Waals surface area contributed by atoms with Crippen LogP contribution in [0.4, 0.5) is 4.39 Å². The number of benzene rings is 1. The van der Waals surface area contributed by atoms with Gasteiger partial charge in [-0.15, -0.1) is 24.0 Å². The van der Waals surface area contributed by atoms with Gasteiger partial charge in [0.2, 0.25) is 0 Å². The summed E-state index contributed by atoms with van der Waals surface area (Å²) >= 11 is 0. The summed E-state index contributed by atoms with van der Waals surface area (Å²) in [5.41, 5.74) is 0.812. The molecule has 0 spiro atoms. The molecule has 0 radical (unpaired) electrons. The largest absolute Gasteiger partial charge is 0.376 e. The predicted molar refractivity (Wildman–Crippen MR) is 119 cm³/mol. The maximum atomic E-state index is 14.0. The third-order valence-corrected chi connectivity index (χ3v) is 5.90. The number of piperidine rings is 1. The summed E-state index contributed by atoms with van der Waals surface area (Å²) in [5.74, 6) is 1.07. The first-order valence-corrected chi connectivity index (χ1v) is 10.2. The number of rotatable bonds is 5.